The summed E-state index contributed by atoms with van der Waals surface area (Å²) >= 11 is 0. The van der Waals surface area contributed by atoms with Crippen LogP contribution in [0.2, 0.25) is 0 Å². The third-order valence-electron chi connectivity index (χ3n) is 2.68. The molecule has 0 aromatic rings. The maximum Gasteiger partial charge on any atom is 0.238 e. The molecule has 0 aliphatic heterocycles. The van der Waals surface area contributed by atoms with E-state index in [0.717, 1.165) is 6.26 Å². The van der Waals surface area contributed by atoms with Crippen LogP contribution in [0.15, 0.2) is 0 Å². The third-order valence-corrected chi connectivity index (χ3v) is 3.39. The number of carbonyl (C=O) groups is 1. The Morgan fingerprint density at radius 3 is 1.90 bits per heavy atom. The van der Waals surface area contributed by atoms with E-state index in [-0.39, 0.29) is 12.3 Å². The monoisotopic (exact) mass is 312 g/mol. The number of sulfonamides is 1. The predicted octanol–water partition coefficient (Wildman–Crippen LogP) is -2.22. The van der Waals surface area contributed by atoms with E-state index in [1.165, 1.54) is 0 Å². The number of aliphatic hydroxyl groups excluding tert-OH is 3. The standard InChI is InChI=1S/C11H24N2O6S/c1-8(2)4-9(13-20(3,18)19)10(17)12-11(5-14,6-15)7-16/h8-9,13-16H,4-7H2,1-3H3,(H,12,17). The largest absolute Gasteiger partial charge is 0.394 e. The average molecular weight is 312 g/mol. The number of nitrogens with one attached hydrogen (secondary N) is 2. The molecule has 0 aliphatic carbocycles. The lowest BCUT2D eigenvalue weighted by Crippen LogP contribution is -2.61. The topological polar surface area (TPSA) is 136 Å². The molecule has 120 valence electrons. The van der Waals surface area contributed by atoms with Crippen molar-refractivity contribution in [2.45, 2.75) is 31.8 Å². The Balaban J connectivity index is 5.03. The fourth-order valence-electron chi connectivity index (χ4n) is 1.56. The van der Waals surface area contributed by atoms with E-state index in [2.05, 4.69) is 10.0 Å². The number of carbonyl (C=O) groups excluding carboxylic acids is 1. The van der Waals surface area contributed by atoms with Crippen molar-refractivity contribution >= 4 is 15.9 Å². The fraction of sp³-hybridized carbons (Fsp3) is 0.909. The van der Waals surface area contributed by atoms with E-state index in [1.54, 1.807) is 0 Å². The van der Waals surface area contributed by atoms with Crippen LogP contribution in [-0.2, 0) is 14.8 Å². The van der Waals surface area contributed by atoms with Gasteiger partial charge < -0.3 is 20.6 Å². The fourth-order valence-corrected chi connectivity index (χ4v) is 2.28. The molecule has 0 bridgehead atoms. The summed E-state index contributed by atoms with van der Waals surface area (Å²) in [4.78, 5) is 12.1. The van der Waals surface area contributed by atoms with Gasteiger partial charge in [0, 0.05) is 0 Å². The SMILES string of the molecule is CC(C)CC(NS(C)(=O)=O)C(=O)NC(CO)(CO)CO. The first-order valence-electron chi connectivity index (χ1n) is 6.21. The Morgan fingerprint density at radius 2 is 1.60 bits per heavy atom. The molecule has 9 heteroatoms. The van der Waals surface area contributed by atoms with Gasteiger partial charge in [-0.1, -0.05) is 13.8 Å². The Kier molecular flexibility index (Phi) is 7.60. The van der Waals surface area contributed by atoms with Crippen molar-refractivity contribution in [2.24, 2.45) is 5.92 Å². The van der Waals surface area contributed by atoms with Gasteiger partial charge in [-0.05, 0) is 12.3 Å². The summed E-state index contributed by atoms with van der Waals surface area (Å²) in [6.07, 6.45) is 1.18. The molecule has 5 N–H and O–H groups in total. The first-order chi connectivity index (χ1) is 9.09. The molecule has 1 unspecified atom stereocenters. The molecule has 20 heavy (non-hydrogen) atoms. The zero-order chi connectivity index (χ0) is 16.0. The highest BCUT2D eigenvalue weighted by atomic mass is 32.2. The second-order valence-corrected chi connectivity index (χ2v) is 7.10. The number of amides is 1. The molecule has 0 aromatic heterocycles. The van der Waals surface area contributed by atoms with Crippen LogP contribution >= 0.6 is 0 Å². The van der Waals surface area contributed by atoms with Crippen molar-refractivity contribution in [3.05, 3.63) is 0 Å². The second kappa shape index (κ2) is 7.89. The smallest absolute Gasteiger partial charge is 0.238 e. The first-order valence-corrected chi connectivity index (χ1v) is 8.10. The normalized spacial score (nSPS) is 14.3. The number of hydrogen-bond acceptors (Lipinski definition) is 6. The highest BCUT2D eigenvalue weighted by molar-refractivity contribution is 7.88. The van der Waals surface area contributed by atoms with E-state index < -0.39 is 47.3 Å². The van der Waals surface area contributed by atoms with E-state index in [9.17, 15) is 13.2 Å². The molecule has 1 atom stereocenters. The number of hydrogen-bond donors (Lipinski definition) is 5. The van der Waals surface area contributed by atoms with E-state index in [1.807, 2.05) is 13.8 Å². The van der Waals surface area contributed by atoms with Gasteiger partial charge in [0.2, 0.25) is 15.9 Å². The van der Waals surface area contributed by atoms with Crippen molar-refractivity contribution in [1.82, 2.24) is 10.0 Å². The summed E-state index contributed by atoms with van der Waals surface area (Å²) < 4.78 is 24.7. The molecule has 1 amide bonds. The molecule has 0 spiro atoms. The Labute approximate surface area is 119 Å². The maximum atomic E-state index is 12.1. The predicted molar refractivity (Wildman–Crippen MR) is 73.4 cm³/mol. The summed E-state index contributed by atoms with van der Waals surface area (Å²) in [6.45, 7) is 1.64. The van der Waals surface area contributed by atoms with Crippen molar-refractivity contribution in [1.29, 1.82) is 0 Å². The van der Waals surface area contributed by atoms with Crippen molar-refractivity contribution in [3.63, 3.8) is 0 Å². The van der Waals surface area contributed by atoms with Gasteiger partial charge >= 0.3 is 0 Å². The molecule has 0 radical (unpaired) electrons. The number of aliphatic hydroxyl groups is 3. The van der Waals surface area contributed by atoms with Gasteiger partial charge in [0.25, 0.3) is 0 Å². The summed E-state index contributed by atoms with van der Waals surface area (Å²) in [5.74, 6) is -0.659. The maximum absolute atomic E-state index is 12.1. The Bertz CT molecular complexity index is 397. The molecule has 0 rings (SSSR count). The highest BCUT2D eigenvalue weighted by Gasteiger charge is 2.33. The lowest BCUT2D eigenvalue weighted by molar-refractivity contribution is -0.127. The highest BCUT2D eigenvalue weighted by Crippen LogP contribution is 2.09. The molecule has 0 heterocycles. The molecular formula is C11H24N2O6S. The molecule has 0 fully saturated rings. The zero-order valence-electron chi connectivity index (χ0n) is 12.0. The summed E-state index contributed by atoms with van der Waals surface area (Å²) in [5.41, 5.74) is -1.58. The van der Waals surface area contributed by atoms with E-state index in [4.69, 9.17) is 15.3 Å². The van der Waals surface area contributed by atoms with Gasteiger partial charge in [0.1, 0.15) is 11.6 Å². The first kappa shape index (κ1) is 19.3. The zero-order valence-corrected chi connectivity index (χ0v) is 12.8. The quantitative estimate of drug-likeness (QED) is 0.327. The molecule has 0 aromatic carbocycles. The molecule has 8 nitrogen and oxygen atoms in total. The van der Waals surface area contributed by atoms with Gasteiger partial charge in [0.05, 0.1) is 26.1 Å². The van der Waals surface area contributed by atoms with Crippen LogP contribution in [0.25, 0.3) is 0 Å². The minimum absolute atomic E-state index is 0.0479. The van der Waals surface area contributed by atoms with E-state index in [0.29, 0.717) is 0 Å². The molecular weight excluding hydrogens is 288 g/mol. The molecule has 0 saturated carbocycles. The van der Waals surface area contributed by atoms with Crippen molar-refractivity contribution in [3.8, 4) is 0 Å². The van der Waals surface area contributed by atoms with Crippen LogP contribution < -0.4 is 10.0 Å². The van der Waals surface area contributed by atoms with Gasteiger partial charge in [-0.2, -0.15) is 0 Å². The van der Waals surface area contributed by atoms with Gasteiger partial charge in [0.15, 0.2) is 0 Å². The van der Waals surface area contributed by atoms with Crippen LogP contribution in [0.5, 0.6) is 0 Å². The van der Waals surface area contributed by atoms with Gasteiger partial charge in [-0.3, -0.25) is 4.79 Å². The average Bonchev–Trinajstić information content (AvgIpc) is 2.33. The third kappa shape index (κ3) is 6.62. The second-order valence-electron chi connectivity index (χ2n) is 5.32. The minimum Gasteiger partial charge on any atom is -0.394 e. The Morgan fingerprint density at radius 1 is 1.15 bits per heavy atom. The minimum atomic E-state index is -3.59. The number of rotatable bonds is 9. The summed E-state index contributed by atoms with van der Waals surface area (Å²) in [7, 11) is -3.59. The van der Waals surface area contributed by atoms with E-state index >= 15 is 0 Å². The summed E-state index contributed by atoms with van der Waals surface area (Å²) in [5, 5.41) is 29.7. The van der Waals surface area contributed by atoms with Crippen molar-refractivity contribution < 1.29 is 28.5 Å². The van der Waals surface area contributed by atoms with Crippen LogP contribution in [0.3, 0.4) is 0 Å². The lowest BCUT2D eigenvalue weighted by Gasteiger charge is -2.31. The summed E-state index contributed by atoms with van der Waals surface area (Å²) in [6, 6.07) is -1.03. The van der Waals surface area contributed by atoms with Gasteiger partial charge in [-0.25, -0.2) is 13.1 Å². The molecule has 0 saturated heterocycles. The van der Waals surface area contributed by atoms with Crippen molar-refractivity contribution in [2.75, 3.05) is 26.1 Å². The van der Waals surface area contributed by atoms with Crippen LogP contribution in [0.1, 0.15) is 20.3 Å². The molecule has 0 aliphatic rings. The van der Waals surface area contributed by atoms with Crippen LogP contribution in [0.4, 0.5) is 0 Å². The lowest BCUT2D eigenvalue weighted by atomic mass is 10.00. The Hall–Kier alpha value is -0.740. The van der Waals surface area contributed by atoms with Gasteiger partial charge in [-0.15, -0.1) is 0 Å². The van der Waals surface area contributed by atoms with Crippen LogP contribution in [-0.4, -0.2) is 67.3 Å². The van der Waals surface area contributed by atoms with Crippen LogP contribution in [0, 0.1) is 5.92 Å².